The molecular weight excluding hydrogens is 218 g/mol. The van der Waals surface area contributed by atoms with Gasteiger partial charge in [0.1, 0.15) is 11.1 Å². The van der Waals surface area contributed by atoms with Gasteiger partial charge in [-0.2, -0.15) is 5.26 Å². The van der Waals surface area contributed by atoms with Gasteiger partial charge in [0.15, 0.2) is 5.69 Å². The molecule has 2 aromatic rings. The smallest absolute Gasteiger partial charge is 0.155 e. The monoisotopic (exact) mass is 229 g/mol. The van der Waals surface area contributed by atoms with Crippen molar-refractivity contribution in [1.29, 1.82) is 5.26 Å². The molecule has 0 aliphatic rings. The van der Waals surface area contributed by atoms with E-state index in [1.54, 1.807) is 23.7 Å². The largest absolute Gasteiger partial charge is 0.264 e. The van der Waals surface area contributed by atoms with E-state index in [4.69, 9.17) is 5.26 Å². The van der Waals surface area contributed by atoms with Gasteiger partial charge in [-0.3, -0.25) is 4.98 Å². The molecule has 0 spiro atoms. The van der Waals surface area contributed by atoms with Gasteiger partial charge >= 0.3 is 0 Å². The van der Waals surface area contributed by atoms with E-state index in [9.17, 15) is 0 Å². The van der Waals surface area contributed by atoms with Crippen LogP contribution >= 0.6 is 11.3 Å². The normalized spacial score (nSPS) is 10.4. The summed E-state index contributed by atoms with van der Waals surface area (Å²) >= 11 is 1.57. The van der Waals surface area contributed by atoms with Crippen LogP contribution < -0.4 is 0 Å². The van der Waals surface area contributed by atoms with Crippen LogP contribution in [0.5, 0.6) is 0 Å². The Kier molecular flexibility index (Phi) is 2.97. The second-order valence-corrected chi connectivity index (χ2v) is 4.77. The summed E-state index contributed by atoms with van der Waals surface area (Å²) in [6, 6.07) is 5.97. The lowest BCUT2D eigenvalue weighted by Gasteiger charge is -1.98. The van der Waals surface area contributed by atoms with Crippen LogP contribution in [-0.4, -0.2) is 9.97 Å². The molecule has 0 amide bonds. The number of rotatable bonds is 2. The van der Waals surface area contributed by atoms with E-state index < -0.39 is 0 Å². The number of aromatic nitrogens is 2. The molecule has 0 radical (unpaired) electrons. The van der Waals surface area contributed by atoms with E-state index >= 15 is 0 Å². The maximum Gasteiger partial charge on any atom is 0.155 e. The molecule has 0 fully saturated rings. The quantitative estimate of drug-likeness (QED) is 0.794. The molecule has 80 valence electrons. The van der Waals surface area contributed by atoms with Gasteiger partial charge in [0, 0.05) is 22.8 Å². The van der Waals surface area contributed by atoms with Gasteiger partial charge in [-0.25, -0.2) is 4.98 Å². The molecule has 0 unspecified atom stereocenters. The summed E-state index contributed by atoms with van der Waals surface area (Å²) < 4.78 is 0. The maximum absolute atomic E-state index is 9.01. The number of hydrogen-bond acceptors (Lipinski definition) is 4. The third kappa shape index (κ3) is 1.95. The summed E-state index contributed by atoms with van der Waals surface area (Å²) in [5.41, 5.74) is 1.51. The van der Waals surface area contributed by atoms with Gasteiger partial charge in [0.25, 0.3) is 0 Å². The third-order valence-corrected chi connectivity index (χ3v) is 3.60. The minimum Gasteiger partial charge on any atom is -0.264 e. The Bertz CT molecular complexity index is 523. The average molecular weight is 229 g/mol. The highest BCUT2D eigenvalue weighted by Gasteiger charge is 2.14. The number of thiazole rings is 1. The fourth-order valence-corrected chi connectivity index (χ4v) is 2.42. The number of pyridine rings is 1. The fourth-order valence-electron chi connectivity index (χ4n) is 1.42. The molecule has 0 N–H and O–H groups in total. The van der Waals surface area contributed by atoms with Crippen molar-refractivity contribution in [2.45, 2.75) is 19.8 Å². The molecule has 2 aromatic heterocycles. The summed E-state index contributed by atoms with van der Waals surface area (Å²) in [6.45, 7) is 4.14. The number of hydrogen-bond donors (Lipinski definition) is 0. The van der Waals surface area contributed by atoms with Crippen molar-refractivity contribution < 1.29 is 0 Å². The van der Waals surface area contributed by atoms with Crippen molar-refractivity contribution in [1.82, 2.24) is 9.97 Å². The van der Waals surface area contributed by atoms with E-state index in [-0.39, 0.29) is 0 Å². The maximum atomic E-state index is 9.01. The Morgan fingerprint density at radius 2 is 2.25 bits per heavy atom. The molecule has 0 aliphatic heterocycles. The predicted octanol–water partition coefficient (Wildman–Crippen LogP) is 3.20. The van der Waals surface area contributed by atoms with Crippen LogP contribution in [0.25, 0.3) is 10.6 Å². The van der Waals surface area contributed by atoms with E-state index in [0.29, 0.717) is 11.6 Å². The molecule has 0 saturated carbocycles. The first kappa shape index (κ1) is 10.8. The minimum absolute atomic E-state index is 0.331. The highest BCUT2D eigenvalue weighted by Crippen LogP contribution is 2.31. The number of nitriles is 1. The summed E-state index contributed by atoms with van der Waals surface area (Å²) in [4.78, 5) is 9.43. The first-order chi connectivity index (χ1) is 7.72. The molecular formula is C12H11N3S. The van der Waals surface area contributed by atoms with Crippen molar-refractivity contribution in [3.8, 4) is 16.6 Å². The molecule has 2 heterocycles. The Balaban J connectivity index is 2.49. The third-order valence-electron chi connectivity index (χ3n) is 2.19. The molecule has 0 bridgehead atoms. The SMILES string of the molecule is CC(C)c1sc(-c2cccnc2)nc1C#N. The van der Waals surface area contributed by atoms with Crippen LogP contribution in [0.3, 0.4) is 0 Å². The average Bonchev–Trinajstić information content (AvgIpc) is 2.74. The lowest BCUT2D eigenvalue weighted by molar-refractivity contribution is 0.880. The zero-order chi connectivity index (χ0) is 11.5. The van der Waals surface area contributed by atoms with Crippen LogP contribution in [0.15, 0.2) is 24.5 Å². The van der Waals surface area contributed by atoms with E-state index in [0.717, 1.165) is 15.4 Å². The van der Waals surface area contributed by atoms with Crippen molar-refractivity contribution in [3.63, 3.8) is 0 Å². The molecule has 0 aromatic carbocycles. The fraction of sp³-hybridized carbons (Fsp3) is 0.250. The topological polar surface area (TPSA) is 49.6 Å². The van der Waals surface area contributed by atoms with Crippen LogP contribution in [0.2, 0.25) is 0 Å². The summed E-state index contributed by atoms with van der Waals surface area (Å²) in [7, 11) is 0. The Labute approximate surface area is 98.4 Å². The Morgan fingerprint density at radius 1 is 1.44 bits per heavy atom. The standard InChI is InChI=1S/C12H11N3S/c1-8(2)11-10(6-13)15-12(16-11)9-4-3-5-14-7-9/h3-5,7-8H,1-2H3. The summed E-state index contributed by atoms with van der Waals surface area (Å²) in [6.07, 6.45) is 3.50. The van der Waals surface area contributed by atoms with Gasteiger partial charge in [-0.1, -0.05) is 13.8 Å². The minimum atomic E-state index is 0.331. The molecule has 0 saturated heterocycles. The van der Waals surface area contributed by atoms with Crippen molar-refractivity contribution in [2.24, 2.45) is 0 Å². The van der Waals surface area contributed by atoms with Crippen molar-refractivity contribution >= 4 is 11.3 Å². The zero-order valence-electron chi connectivity index (χ0n) is 9.14. The lowest BCUT2D eigenvalue weighted by atomic mass is 10.1. The molecule has 16 heavy (non-hydrogen) atoms. The van der Waals surface area contributed by atoms with E-state index in [1.807, 2.05) is 12.1 Å². The van der Waals surface area contributed by atoms with Gasteiger partial charge in [0.2, 0.25) is 0 Å². The first-order valence-corrected chi connectivity index (χ1v) is 5.85. The van der Waals surface area contributed by atoms with Gasteiger partial charge in [-0.15, -0.1) is 11.3 Å². The molecule has 2 rings (SSSR count). The summed E-state index contributed by atoms with van der Waals surface area (Å²) in [5.74, 6) is 0.331. The second kappa shape index (κ2) is 4.42. The highest BCUT2D eigenvalue weighted by atomic mass is 32.1. The zero-order valence-corrected chi connectivity index (χ0v) is 9.95. The first-order valence-electron chi connectivity index (χ1n) is 5.03. The Hall–Kier alpha value is -1.73. The molecule has 0 atom stereocenters. The lowest BCUT2D eigenvalue weighted by Crippen LogP contribution is -1.86. The van der Waals surface area contributed by atoms with Gasteiger partial charge < -0.3 is 0 Å². The van der Waals surface area contributed by atoms with Crippen LogP contribution in [0, 0.1) is 11.3 Å². The Morgan fingerprint density at radius 3 is 2.75 bits per heavy atom. The van der Waals surface area contributed by atoms with Crippen LogP contribution in [0.4, 0.5) is 0 Å². The number of nitrogens with zero attached hydrogens (tertiary/aromatic N) is 3. The van der Waals surface area contributed by atoms with E-state index in [2.05, 4.69) is 29.9 Å². The predicted molar refractivity (Wildman–Crippen MR) is 64.1 cm³/mol. The van der Waals surface area contributed by atoms with Gasteiger partial charge in [0.05, 0.1) is 0 Å². The second-order valence-electron chi connectivity index (χ2n) is 3.74. The van der Waals surface area contributed by atoms with Gasteiger partial charge in [-0.05, 0) is 18.1 Å². The van der Waals surface area contributed by atoms with Crippen molar-refractivity contribution in [3.05, 3.63) is 35.1 Å². The molecule has 3 nitrogen and oxygen atoms in total. The van der Waals surface area contributed by atoms with Crippen molar-refractivity contribution in [2.75, 3.05) is 0 Å². The highest BCUT2D eigenvalue weighted by molar-refractivity contribution is 7.15. The van der Waals surface area contributed by atoms with Crippen LogP contribution in [0.1, 0.15) is 30.3 Å². The van der Waals surface area contributed by atoms with Crippen LogP contribution in [-0.2, 0) is 0 Å². The molecule has 4 heteroatoms. The summed E-state index contributed by atoms with van der Waals surface area (Å²) in [5, 5.41) is 9.87. The van der Waals surface area contributed by atoms with E-state index in [1.165, 1.54) is 0 Å². The molecule has 0 aliphatic carbocycles.